The summed E-state index contributed by atoms with van der Waals surface area (Å²) in [6.45, 7) is 0. The van der Waals surface area contributed by atoms with Crippen LogP contribution in [-0.4, -0.2) is 30.4 Å². The van der Waals surface area contributed by atoms with E-state index in [2.05, 4.69) is 10.6 Å². The molecule has 2 aliphatic carbocycles. The summed E-state index contributed by atoms with van der Waals surface area (Å²) in [5.41, 5.74) is 0. The molecule has 0 heterocycles. The van der Waals surface area contributed by atoms with Crippen molar-refractivity contribution in [1.29, 1.82) is 0 Å². The lowest BCUT2D eigenvalue weighted by Gasteiger charge is -2.23. The number of nitrogens with one attached hydrogen (secondary N) is 2. The number of hydrogen-bond donors (Lipinski definition) is 2. The van der Waals surface area contributed by atoms with Crippen molar-refractivity contribution in [3.63, 3.8) is 0 Å². The van der Waals surface area contributed by atoms with Crippen molar-refractivity contribution in [3.05, 3.63) is 0 Å². The summed E-state index contributed by atoms with van der Waals surface area (Å²) < 4.78 is 5.44. The van der Waals surface area contributed by atoms with Crippen LogP contribution >= 0.6 is 12.2 Å². The van der Waals surface area contributed by atoms with Crippen LogP contribution < -0.4 is 10.6 Å². The molecular weight excluding hydrogens is 220 g/mol. The van der Waals surface area contributed by atoms with Gasteiger partial charge in [-0.1, -0.05) is 12.8 Å². The van der Waals surface area contributed by atoms with Crippen molar-refractivity contribution in [2.45, 2.75) is 63.1 Å². The molecule has 2 rings (SSSR count). The van der Waals surface area contributed by atoms with Gasteiger partial charge >= 0.3 is 0 Å². The molecule has 2 fully saturated rings. The van der Waals surface area contributed by atoms with Gasteiger partial charge in [-0.25, -0.2) is 0 Å². The SMILES string of the molecule is COC1CCCC1NC(=S)NC1CCCC1. The van der Waals surface area contributed by atoms with E-state index in [1.165, 1.54) is 38.5 Å². The summed E-state index contributed by atoms with van der Waals surface area (Å²) in [7, 11) is 1.79. The van der Waals surface area contributed by atoms with E-state index in [1.54, 1.807) is 7.11 Å². The Labute approximate surface area is 103 Å². The third kappa shape index (κ3) is 3.08. The minimum Gasteiger partial charge on any atom is -0.379 e. The lowest BCUT2D eigenvalue weighted by atomic mass is 10.2. The first-order valence-electron chi connectivity index (χ1n) is 6.39. The van der Waals surface area contributed by atoms with E-state index in [0.29, 0.717) is 18.2 Å². The lowest BCUT2D eigenvalue weighted by Crippen LogP contribution is -2.48. The Hall–Kier alpha value is -0.350. The maximum atomic E-state index is 5.44. The number of hydrogen-bond acceptors (Lipinski definition) is 2. The zero-order valence-electron chi connectivity index (χ0n) is 10.00. The summed E-state index contributed by atoms with van der Waals surface area (Å²) in [6, 6.07) is 1.01. The normalized spacial score (nSPS) is 30.6. The smallest absolute Gasteiger partial charge is 0.166 e. The Morgan fingerprint density at radius 3 is 2.50 bits per heavy atom. The summed E-state index contributed by atoms with van der Waals surface area (Å²) in [5.74, 6) is 0. The first-order chi connectivity index (χ1) is 7.79. The van der Waals surface area contributed by atoms with Crippen molar-refractivity contribution >= 4 is 17.3 Å². The molecule has 2 N–H and O–H groups in total. The average molecular weight is 242 g/mol. The number of ether oxygens (including phenoxy) is 1. The summed E-state index contributed by atoms with van der Waals surface area (Å²) >= 11 is 5.35. The summed E-state index contributed by atoms with van der Waals surface area (Å²) in [5, 5.41) is 7.64. The van der Waals surface area contributed by atoms with Crippen LogP contribution in [0.3, 0.4) is 0 Å². The fraction of sp³-hybridized carbons (Fsp3) is 0.917. The van der Waals surface area contributed by atoms with Crippen LogP contribution in [0.25, 0.3) is 0 Å². The highest BCUT2D eigenvalue weighted by molar-refractivity contribution is 7.80. The number of methoxy groups -OCH3 is 1. The van der Waals surface area contributed by atoms with Gasteiger partial charge in [0.15, 0.2) is 5.11 Å². The maximum absolute atomic E-state index is 5.44. The highest BCUT2D eigenvalue weighted by atomic mass is 32.1. The molecule has 0 spiro atoms. The molecular formula is C12H22N2OS. The first-order valence-corrected chi connectivity index (χ1v) is 6.80. The van der Waals surface area contributed by atoms with Crippen molar-refractivity contribution in [2.75, 3.05) is 7.11 Å². The molecule has 2 saturated carbocycles. The standard InChI is InChI=1S/C12H22N2OS/c1-15-11-8-4-7-10(11)14-12(16)13-9-5-2-3-6-9/h9-11H,2-8H2,1H3,(H2,13,14,16). The van der Waals surface area contributed by atoms with Gasteiger partial charge in [-0.05, 0) is 44.3 Å². The predicted octanol–water partition coefficient (Wildman–Crippen LogP) is 1.96. The van der Waals surface area contributed by atoms with Crippen LogP contribution in [0.2, 0.25) is 0 Å². The first kappa shape index (κ1) is 12.1. The largest absolute Gasteiger partial charge is 0.379 e. The molecule has 0 aromatic heterocycles. The van der Waals surface area contributed by atoms with Gasteiger partial charge in [0.1, 0.15) is 0 Å². The van der Waals surface area contributed by atoms with Crippen LogP contribution in [0.5, 0.6) is 0 Å². The molecule has 16 heavy (non-hydrogen) atoms. The molecule has 0 saturated heterocycles. The van der Waals surface area contributed by atoms with Gasteiger partial charge < -0.3 is 15.4 Å². The van der Waals surface area contributed by atoms with Crippen molar-refractivity contribution in [2.24, 2.45) is 0 Å². The van der Waals surface area contributed by atoms with Crippen LogP contribution in [0.4, 0.5) is 0 Å². The Morgan fingerprint density at radius 1 is 1.06 bits per heavy atom. The topological polar surface area (TPSA) is 33.3 Å². The molecule has 2 unspecified atom stereocenters. The van der Waals surface area contributed by atoms with E-state index in [0.717, 1.165) is 11.5 Å². The van der Waals surface area contributed by atoms with E-state index < -0.39 is 0 Å². The Kier molecular flexibility index (Phi) is 4.41. The molecule has 0 amide bonds. The molecule has 0 aromatic carbocycles. The fourth-order valence-electron chi connectivity index (χ4n) is 2.84. The molecule has 0 aliphatic heterocycles. The van der Waals surface area contributed by atoms with Crippen molar-refractivity contribution in [3.8, 4) is 0 Å². The van der Waals surface area contributed by atoms with E-state index in [-0.39, 0.29) is 0 Å². The quantitative estimate of drug-likeness (QED) is 0.741. The number of rotatable bonds is 3. The van der Waals surface area contributed by atoms with Crippen molar-refractivity contribution in [1.82, 2.24) is 10.6 Å². The molecule has 3 nitrogen and oxygen atoms in total. The van der Waals surface area contributed by atoms with Crippen molar-refractivity contribution < 1.29 is 4.74 Å². The second-order valence-electron chi connectivity index (χ2n) is 4.91. The summed E-state index contributed by atoms with van der Waals surface area (Å²) in [6.07, 6.45) is 9.10. The third-order valence-corrected chi connectivity index (χ3v) is 4.00. The molecule has 0 radical (unpaired) electrons. The van der Waals surface area contributed by atoms with Crippen LogP contribution in [0.1, 0.15) is 44.9 Å². The van der Waals surface area contributed by atoms with Gasteiger partial charge in [0.2, 0.25) is 0 Å². The van der Waals surface area contributed by atoms with E-state index >= 15 is 0 Å². The second-order valence-corrected chi connectivity index (χ2v) is 5.32. The van der Waals surface area contributed by atoms with Gasteiger partial charge in [0, 0.05) is 13.2 Å². The van der Waals surface area contributed by atoms with Crippen LogP contribution in [0.15, 0.2) is 0 Å². The molecule has 2 aliphatic rings. The monoisotopic (exact) mass is 242 g/mol. The molecule has 0 aromatic rings. The average Bonchev–Trinajstić information content (AvgIpc) is 2.88. The zero-order valence-corrected chi connectivity index (χ0v) is 10.8. The predicted molar refractivity (Wildman–Crippen MR) is 69.6 cm³/mol. The van der Waals surface area contributed by atoms with Gasteiger partial charge in [0.05, 0.1) is 12.1 Å². The lowest BCUT2D eigenvalue weighted by molar-refractivity contribution is 0.0906. The molecule has 92 valence electrons. The van der Waals surface area contributed by atoms with E-state index in [4.69, 9.17) is 17.0 Å². The second kappa shape index (κ2) is 5.82. The van der Waals surface area contributed by atoms with E-state index in [1.807, 2.05) is 0 Å². The highest BCUT2D eigenvalue weighted by Gasteiger charge is 2.28. The molecule has 0 bridgehead atoms. The van der Waals surface area contributed by atoms with Gasteiger partial charge in [0.25, 0.3) is 0 Å². The van der Waals surface area contributed by atoms with Gasteiger partial charge in [-0.3, -0.25) is 0 Å². The van der Waals surface area contributed by atoms with Crippen LogP contribution in [-0.2, 0) is 4.74 Å². The maximum Gasteiger partial charge on any atom is 0.166 e. The minimum absolute atomic E-state index is 0.336. The van der Waals surface area contributed by atoms with E-state index in [9.17, 15) is 0 Å². The molecule has 4 heteroatoms. The molecule has 2 atom stereocenters. The Balaban J connectivity index is 1.73. The number of thiocarbonyl (C=S) groups is 1. The van der Waals surface area contributed by atoms with Gasteiger partial charge in [-0.15, -0.1) is 0 Å². The highest BCUT2D eigenvalue weighted by Crippen LogP contribution is 2.22. The summed E-state index contributed by atoms with van der Waals surface area (Å²) in [4.78, 5) is 0. The zero-order chi connectivity index (χ0) is 11.4. The third-order valence-electron chi connectivity index (χ3n) is 3.76. The minimum atomic E-state index is 0.336. The fourth-order valence-corrected chi connectivity index (χ4v) is 3.16. The Morgan fingerprint density at radius 2 is 1.81 bits per heavy atom. The van der Waals surface area contributed by atoms with Gasteiger partial charge in [-0.2, -0.15) is 0 Å². The van der Waals surface area contributed by atoms with Crippen LogP contribution in [0, 0.1) is 0 Å². The Bertz CT molecular complexity index is 241.